The second-order valence-corrected chi connectivity index (χ2v) is 10.4. The maximum Gasteiger partial charge on any atom is 0.341 e. The Morgan fingerprint density at radius 3 is 2.35 bits per heavy atom. The number of anilines is 1. The van der Waals surface area contributed by atoms with E-state index < -0.39 is 0 Å². The van der Waals surface area contributed by atoms with Crippen molar-refractivity contribution < 1.29 is 19.1 Å². The van der Waals surface area contributed by atoms with Gasteiger partial charge in [0, 0.05) is 10.4 Å². The molecule has 0 atom stereocenters. The number of rotatable bonds is 7. The largest absolute Gasteiger partial charge is 0.494 e. The summed E-state index contributed by atoms with van der Waals surface area (Å²) in [5.74, 6) is 0.0970. The zero-order valence-corrected chi connectivity index (χ0v) is 21.7. The minimum Gasteiger partial charge on any atom is -0.494 e. The zero-order valence-electron chi connectivity index (χ0n) is 20.9. The normalized spacial score (nSPS) is 15.1. The summed E-state index contributed by atoms with van der Waals surface area (Å²) in [5.41, 5.74) is 2.14. The fourth-order valence-electron chi connectivity index (χ4n) is 4.33. The fraction of sp³-hybridized carbons (Fsp3) is 0.571. The second kappa shape index (κ2) is 13.5. The first-order valence-electron chi connectivity index (χ1n) is 12.9. The molecule has 3 rings (SSSR count). The molecule has 1 aromatic heterocycles. The molecule has 186 valence electrons. The maximum absolute atomic E-state index is 13.2. The lowest BCUT2D eigenvalue weighted by atomic mass is 9.97. The number of amides is 1. The van der Waals surface area contributed by atoms with Crippen molar-refractivity contribution in [1.82, 2.24) is 0 Å². The Hall–Kier alpha value is -2.34. The van der Waals surface area contributed by atoms with Gasteiger partial charge in [0.05, 0.1) is 18.3 Å². The van der Waals surface area contributed by atoms with E-state index in [1.54, 1.807) is 23.5 Å². The average molecular weight is 486 g/mol. The number of hydrogen-bond acceptors (Lipinski definition) is 5. The van der Waals surface area contributed by atoms with E-state index in [2.05, 4.69) is 5.32 Å². The molecule has 1 heterocycles. The van der Waals surface area contributed by atoms with Gasteiger partial charge in [-0.25, -0.2) is 4.79 Å². The third-order valence-corrected chi connectivity index (χ3v) is 7.22. The lowest BCUT2D eigenvalue weighted by Gasteiger charge is -2.13. The van der Waals surface area contributed by atoms with Gasteiger partial charge in [-0.1, -0.05) is 51.5 Å². The number of ether oxygens (including phenoxy) is 2. The predicted octanol–water partition coefficient (Wildman–Crippen LogP) is 7.57. The van der Waals surface area contributed by atoms with Crippen LogP contribution in [0.2, 0.25) is 0 Å². The van der Waals surface area contributed by atoms with Crippen LogP contribution < -0.4 is 10.1 Å². The quantitative estimate of drug-likeness (QED) is 0.411. The van der Waals surface area contributed by atoms with E-state index in [9.17, 15) is 9.59 Å². The van der Waals surface area contributed by atoms with Gasteiger partial charge in [-0.3, -0.25) is 4.79 Å². The summed E-state index contributed by atoms with van der Waals surface area (Å²) in [7, 11) is 0. The van der Waals surface area contributed by atoms with Crippen LogP contribution in [0, 0.1) is 0 Å². The summed E-state index contributed by atoms with van der Waals surface area (Å²) in [6, 6.07) is 7.19. The molecular formula is C28H39NO4S. The molecule has 0 aliphatic heterocycles. The standard InChI is InChI=1S/C28H39NO4S/c1-4-18-32-22-15-13-14-21(19-22)26(30)29-27-25(28(31)33-20(2)3)23-16-11-9-7-5-6-8-10-12-17-24(23)34-27/h13-15,19-20H,4-12,16-18H2,1-3H3,(H,29,30). The number of esters is 1. The van der Waals surface area contributed by atoms with Crippen LogP contribution >= 0.6 is 11.3 Å². The predicted molar refractivity (Wildman–Crippen MR) is 139 cm³/mol. The molecule has 0 saturated carbocycles. The second-order valence-electron chi connectivity index (χ2n) is 9.32. The van der Waals surface area contributed by atoms with E-state index in [4.69, 9.17) is 9.47 Å². The molecule has 1 aliphatic rings. The molecule has 1 aromatic carbocycles. The third-order valence-electron chi connectivity index (χ3n) is 6.01. The Bertz CT molecular complexity index is 950. The smallest absolute Gasteiger partial charge is 0.341 e. The molecule has 6 heteroatoms. The van der Waals surface area contributed by atoms with E-state index >= 15 is 0 Å². The van der Waals surface area contributed by atoms with Gasteiger partial charge in [0.15, 0.2) is 0 Å². The van der Waals surface area contributed by atoms with Gasteiger partial charge in [-0.05, 0) is 69.7 Å². The van der Waals surface area contributed by atoms with Crippen LogP contribution in [0.1, 0.15) is 110 Å². The molecule has 0 bridgehead atoms. The van der Waals surface area contributed by atoms with E-state index in [0.29, 0.717) is 28.5 Å². The molecule has 0 saturated heterocycles. The Kier molecular flexibility index (Phi) is 10.4. The summed E-state index contributed by atoms with van der Waals surface area (Å²) in [6.45, 7) is 6.37. The van der Waals surface area contributed by atoms with E-state index in [1.807, 2.05) is 32.9 Å². The monoisotopic (exact) mass is 485 g/mol. The molecule has 5 nitrogen and oxygen atoms in total. The molecule has 1 amide bonds. The van der Waals surface area contributed by atoms with Crippen LogP contribution in [0.3, 0.4) is 0 Å². The fourth-order valence-corrected chi connectivity index (χ4v) is 5.60. The highest BCUT2D eigenvalue weighted by molar-refractivity contribution is 7.17. The average Bonchev–Trinajstić information content (AvgIpc) is 3.14. The van der Waals surface area contributed by atoms with Crippen LogP contribution in [0.25, 0.3) is 0 Å². The first-order valence-corrected chi connectivity index (χ1v) is 13.7. The molecule has 0 unspecified atom stereocenters. The SMILES string of the molecule is CCCOc1cccc(C(=O)Nc2sc3c(c2C(=O)OC(C)C)CCCCCCCCCC3)c1. The molecular weight excluding hydrogens is 446 g/mol. The molecule has 1 aliphatic carbocycles. The van der Waals surface area contributed by atoms with Crippen molar-refractivity contribution in [2.75, 3.05) is 11.9 Å². The van der Waals surface area contributed by atoms with Crippen LogP contribution in [0.4, 0.5) is 5.00 Å². The highest BCUT2D eigenvalue weighted by Crippen LogP contribution is 2.37. The summed E-state index contributed by atoms with van der Waals surface area (Å²) in [5, 5.41) is 3.65. The van der Waals surface area contributed by atoms with Crippen molar-refractivity contribution >= 4 is 28.2 Å². The van der Waals surface area contributed by atoms with Crippen molar-refractivity contribution in [2.24, 2.45) is 0 Å². The van der Waals surface area contributed by atoms with Crippen LogP contribution in [0.5, 0.6) is 5.75 Å². The summed E-state index contributed by atoms with van der Waals surface area (Å²) < 4.78 is 11.3. The molecule has 0 fully saturated rings. The zero-order chi connectivity index (χ0) is 24.3. The van der Waals surface area contributed by atoms with Gasteiger partial charge < -0.3 is 14.8 Å². The minimum absolute atomic E-state index is 0.217. The number of carbonyl (C=O) groups excluding carboxylic acids is 2. The number of aryl methyl sites for hydroxylation is 1. The number of benzene rings is 1. The molecule has 34 heavy (non-hydrogen) atoms. The first kappa shape index (κ1) is 26.3. The Morgan fingerprint density at radius 1 is 1.00 bits per heavy atom. The summed E-state index contributed by atoms with van der Waals surface area (Å²) in [6.07, 6.45) is 12.1. The van der Waals surface area contributed by atoms with Gasteiger partial charge in [0.1, 0.15) is 10.8 Å². The Morgan fingerprint density at radius 2 is 1.68 bits per heavy atom. The lowest BCUT2D eigenvalue weighted by Crippen LogP contribution is -2.17. The van der Waals surface area contributed by atoms with Gasteiger partial charge in [0.25, 0.3) is 5.91 Å². The molecule has 2 aromatic rings. The van der Waals surface area contributed by atoms with Crippen molar-refractivity contribution in [3.63, 3.8) is 0 Å². The molecule has 1 N–H and O–H groups in total. The highest BCUT2D eigenvalue weighted by Gasteiger charge is 2.26. The number of fused-ring (bicyclic) bond motifs is 1. The van der Waals surface area contributed by atoms with E-state index in [0.717, 1.165) is 37.7 Å². The third kappa shape index (κ3) is 7.59. The Labute approximate surface area is 208 Å². The number of thiophene rings is 1. The van der Waals surface area contributed by atoms with E-state index in [1.165, 1.54) is 43.4 Å². The highest BCUT2D eigenvalue weighted by atomic mass is 32.1. The van der Waals surface area contributed by atoms with Gasteiger partial charge >= 0.3 is 5.97 Å². The topological polar surface area (TPSA) is 64.6 Å². The van der Waals surface area contributed by atoms with Gasteiger partial charge in [-0.15, -0.1) is 11.3 Å². The number of nitrogens with one attached hydrogen (secondary N) is 1. The maximum atomic E-state index is 13.2. The van der Waals surface area contributed by atoms with Crippen molar-refractivity contribution in [3.05, 3.63) is 45.8 Å². The van der Waals surface area contributed by atoms with Crippen molar-refractivity contribution in [2.45, 2.75) is 97.5 Å². The van der Waals surface area contributed by atoms with Crippen LogP contribution in [-0.2, 0) is 17.6 Å². The van der Waals surface area contributed by atoms with Crippen molar-refractivity contribution in [1.29, 1.82) is 0 Å². The lowest BCUT2D eigenvalue weighted by molar-refractivity contribution is 0.0378. The number of hydrogen-bond donors (Lipinski definition) is 1. The van der Waals surface area contributed by atoms with Crippen LogP contribution in [-0.4, -0.2) is 24.6 Å². The minimum atomic E-state index is -0.338. The van der Waals surface area contributed by atoms with Gasteiger partial charge in [0.2, 0.25) is 0 Å². The number of carbonyl (C=O) groups is 2. The van der Waals surface area contributed by atoms with Crippen LogP contribution in [0.15, 0.2) is 24.3 Å². The van der Waals surface area contributed by atoms with Crippen molar-refractivity contribution in [3.8, 4) is 5.75 Å². The summed E-state index contributed by atoms with van der Waals surface area (Å²) in [4.78, 5) is 27.6. The summed E-state index contributed by atoms with van der Waals surface area (Å²) >= 11 is 1.55. The Balaban J connectivity index is 1.90. The van der Waals surface area contributed by atoms with E-state index in [-0.39, 0.29) is 18.0 Å². The first-order chi connectivity index (χ1) is 16.5. The van der Waals surface area contributed by atoms with Gasteiger partial charge in [-0.2, -0.15) is 0 Å². The molecule has 0 radical (unpaired) electrons. The molecule has 0 spiro atoms.